The standard InChI is InChI=1S/C20H14ClF6NO3S/c1-32(29)15-4-2-3-12(9-15)28-8-7-13(11-18(28)19(22,23)24)30-17-6-5-14(10-16(17)21)31-20(25,26)27/h2-7,9-11H,8H2,1H3/i7D. The third-order valence-electron chi connectivity index (χ3n) is 4.08. The molecule has 0 saturated heterocycles. The van der Waals surface area contributed by atoms with Gasteiger partial charge in [0.15, 0.2) is 4.90 Å². The van der Waals surface area contributed by atoms with Crippen LogP contribution in [0.1, 0.15) is 1.37 Å². The summed E-state index contributed by atoms with van der Waals surface area (Å²) in [6.07, 6.45) is -7.82. The van der Waals surface area contributed by atoms with E-state index in [-0.39, 0.29) is 22.5 Å². The van der Waals surface area contributed by atoms with Gasteiger partial charge in [-0.25, -0.2) is 0 Å². The molecule has 0 spiro atoms. The lowest BCUT2D eigenvalue weighted by Gasteiger charge is -2.31. The van der Waals surface area contributed by atoms with Gasteiger partial charge in [0, 0.05) is 30.4 Å². The van der Waals surface area contributed by atoms with Gasteiger partial charge in [-0.15, -0.1) is 13.2 Å². The molecule has 0 aromatic heterocycles. The molecular formula is C20H14ClF6NO3S. The van der Waals surface area contributed by atoms with E-state index in [4.69, 9.17) is 17.7 Å². The van der Waals surface area contributed by atoms with E-state index in [1.807, 2.05) is 0 Å². The van der Waals surface area contributed by atoms with Gasteiger partial charge < -0.3 is 18.9 Å². The maximum Gasteiger partial charge on any atom is 0.573 e. The fourth-order valence-corrected chi connectivity index (χ4v) is 3.50. The average molecular weight is 499 g/mol. The zero-order valence-electron chi connectivity index (χ0n) is 17.1. The molecule has 0 amide bonds. The smallest absolute Gasteiger partial charge is 0.573 e. The predicted octanol–water partition coefficient (Wildman–Crippen LogP) is 6.21. The third kappa shape index (κ3) is 6.05. The van der Waals surface area contributed by atoms with Crippen LogP contribution in [0.15, 0.2) is 70.9 Å². The second-order valence-electron chi connectivity index (χ2n) is 6.35. The molecule has 32 heavy (non-hydrogen) atoms. The van der Waals surface area contributed by atoms with Crippen molar-refractivity contribution in [1.82, 2.24) is 0 Å². The number of anilines is 1. The molecule has 12 heteroatoms. The maximum atomic E-state index is 13.8. The number of allylic oxidation sites excluding steroid dienone is 2. The highest BCUT2D eigenvalue weighted by Crippen LogP contribution is 2.38. The number of hydrogen-bond donors (Lipinski definition) is 0. The molecular weight excluding hydrogens is 484 g/mol. The van der Waals surface area contributed by atoms with Gasteiger partial charge in [-0.1, -0.05) is 17.7 Å². The second kappa shape index (κ2) is 9.16. The van der Waals surface area contributed by atoms with Crippen LogP contribution in [0.4, 0.5) is 32.0 Å². The van der Waals surface area contributed by atoms with Crippen molar-refractivity contribution in [3.05, 3.63) is 71.1 Å². The van der Waals surface area contributed by atoms with E-state index in [0.29, 0.717) is 11.0 Å². The van der Waals surface area contributed by atoms with Crippen LogP contribution in [0.25, 0.3) is 0 Å². The maximum absolute atomic E-state index is 13.8. The Balaban J connectivity index is 1.93. The fourth-order valence-electron chi connectivity index (χ4n) is 2.74. The summed E-state index contributed by atoms with van der Waals surface area (Å²) in [5.41, 5.74) is -1.08. The first kappa shape index (κ1) is 22.7. The summed E-state index contributed by atoms with van der Waals surface area (Å²) in [6, 6.07) is 7.95. The molecule has 0 bridgehead atoms. The Bertz CT molecular complexity index is 1100. The average Bonchev–Trinajstić information content (AvgIpc) is 2.69. The molecule has 1 aliphatic heterocycles. The highest BCUT2D eigenvalue weighted by molar-refractivity contribution is 7.90. The number of ether oxygens (including phenoxy) is 2. The SMILES string of the molecule is [2H]C1=C(Oc2ccc(OC(F)(F)F)cc2Cl)C=C(C(F)(F)F)N(c2cccc([S+](C)[O-])c2)C1. The van der Waals surface area contributed by atoms with E-state index in [1.165, 1.54) is 30.5 Å². The van der Waals surface area contributed by atoms with Crippen LogP contribution in [-0.4, -0.2) is 29.9 Å². The molecule has 172 valence electrons. The lowest BCUT2D eigenvalue weighted by atomic mass is 10.1. The van der Waals surface area contributed by atoms with Crippen molar-refractivity contribution in [3.8, 4) is 11.5 Å². The first-order chi connectivity index (χ1) is 15.2. The van der Waals surface area contributed by atoms with E-state index in [0.717, 1.165) is 23.1 Å². The van der Waals surface area contributed by atoms with Crippen LogP contribution in [0.5, 0.6) is 11.5 Å². The largest absolute Gasteiger partial charge is 0.612 e. The Morgan fingerprint density at radius 2 is 1.84 bits per heavy atom. The Morgan fingerprint density at radius 3 is 2.44 bits per heavy atom. The number of hydrogen-bond acceptors (Lipinski definition) is 4. The van der Waals surface area contributed by atoms with E-state index in [9.17, 15) is 30.9 Å². The van der Waals surface area contributed by atoms with Crippen molar-refractivity contribution in [2.75, 3.05) is 17.7 Å². The zero-order chi connectivity index (χ0) is 24.6. The second-order valence-corrected chi connectivity index (χ2v) is 8.13. The molecule has 1 atom stereocenters. The monoisotopic (exact) mass is 498 g/mol. The van der Waals surface area contributed by atoms with Gasteiger partial charge in [0.1, 0.15) is 29.2 Å². The molecule has 2 aromatic rings. The first-order valence-electron chi connectivity index (χ1n) is 9.17. The van der Waals surface area contributed by atoms with Crippen LogP contribution >= 0.6 is 11.6 Å². The summed E-state index contributed by atoms with van der Waals surface area (Å²) in [4.78, 5) is 1.13. The number of alkyl halides is 6. The van der Waals surface area contributed by atoms with Gasteiger partial charge in [0.05, 0.1) is 6.39 Å². The number of benzene rings is 2. The minimum atomic E-state index is -4.96. The highest BCUT2D eigenvalue weighted by atomic mass is 35.5. The summed E-state index contributed by atoms with van der Waals surface area (Å²) in [5, 5.41) is -0.362. The van der Waals surface area contributed by atoms with Crippen molar-refractivity contribution in [2.45, 2.75) is 17.4 Å². The highest BCUT2D eigenvalue weighted by Gasteiger charge is 2.40. The topological polar surface area (TPSA) is 44.8 Å². The molecule has 0 saturated carbocycles. The molecule has 0 radical (unpaired) electrons. The van der Waals surface area contributed by atoms with Crippen LogP contribution in [0.3, 0.4) is 0 Å². The van der Waals surface area contributed by atoms with Crippen LogP contribution < -0.4 is 14.4 Å². The van der Waals surface area contributed by atoms with Crippen molar-refractivity contribution in [1.29, 1.82) is 0 Å². The van der Waals surface area contributed by atoms with Gasteiger partial charge >= 0.3 is 12.5 Å². The summed E-state index contributed by atoms with van der Waals surface area (Å²) in [6.45, 7) is -0.534. The van der Waals surface area contributed by atoms with Crippen LogP contribution in [0, 0.1) is 0 Å². The van der Waals surface area contributed by atoms with Gasteiger partial charge in [-0.2, -0.15) is 13.2 Å². The van der Waals surface area contributed by atoms with Gasteiger partial charge in [-0.05, 0) is 41.5 Å². The summed E-state index contributed by atoms with van der Waals surface area (Å²) >= 11 is 4.45. The summed E-state index contributed by atoms with van der Waals surface area (Å²) in [5.74, 6) is -1.39. The quantitative estimate of drug-likeness (QED) is 0.363. The van der Waals surface area contributed by atoms with E-state index in [1.54, 1.807) is 0 Å². The first-order valence-corrected chi connectivity index (χ1v) is 10.6. The molecule has 1 unspecified atom stereocenters. The van der Waals surface area contributed by atoms with Crippen LogP contribution in [0.2, 0.25) is 5.02 Å². The molecule has 1 aliphatic rings. The van der Waals surface area contributed by atoms with Gasteiger partial charge in [0.25, 0.3) is 0 Å². The van der Waals surface area contributed by atoms with Crippen molar-refractivity contribution < 1.29 is 41.7 Å². The lowest BCUT2D eigenvalue weighted by Crippen LogP contribution is -2.34. The number of rotatable bonds is 5. The zero-order valence-corrected chi connectivity index (χ0v) is 17.6. The molecule has 2 aromatic carbocycles. The Morgan fingerprint density at radius 1 is 1.12 bits per heavy atom. The summed E-state index contributed by atoms with van der Waals surface area (Å²) in [7, 11) is 0. The van der Waals surface area contributed by atoms with Crippen LogP contribution in [-0.2, 0) is 11.2 Å². The fraction of sp³-hybridized carbons (Fsp3) is 0.200. The van der Waals surface area contributed by atoms with Crippen molar-refractivity contribution >= 4 is 28.5 Å². The Hall–Kier alpha value is -2.50. The number of halogens is 7. The minimum absolute atomic E-state index is 0.0711. The Labute approximate surface area is 188 Å². The minimum Gasteiger partial charge on any atom is -0.612 e. The van der Waals surface area contributed by atoms with Crippen molar-refractivity contribution in [3.63, 3.8) is 0 Å². The molecule has 0 aliphatic carbocycles. The number of nitrogens with zero attached hydrogens (tertiary/aromatic N) is 1. The predicted molar refractivity (Wildman–Crippen MR) is 107 cm³/mol. The van der Waals surface area contributed by atoms with E-state index < -0.39 is 47.5 Å². The summed E-state index contributed by atoms with van der Waals surface area (Å²) < 4.78 is 107. The molecule has 1 heterocycles. The van der Waals surface area contributed by atoms with Gasteiger partial charge in [-0.3, -0.25) is 0 Å². The van der Waals surface area contributed by atoms with Gasteiger partial charge in [0.2, 0.25) is 0 Å². The third-order valence-corrected chi connectivity index (χ3v) is 5.29. The Kier molecular flexibility index (Phi) is 6.50. The van der Waals surface area contributed by atoms with E-state index in [2.05, 4.69) is 4.74 Å². The normalized spacial score (nSPS) is 16.5. The molecule has 0 N–H and O–H groups in total. The lowest BCUT2D eigenvalue weighted by molar-refractivity contribution is -0.274. The van der Waals surface area contributed by atoms with Crippen molar-refractivity contribution in [2.24, 2.45) is 0 Å². The molecule has 0 fully saturated rings. The molecule has 3 rings (SSSR count). The van der Waals surface area contributed by atoms with E-state index >= 15 is 0 Å². The molecule has 4 nitrogen and oxygen atoms in total.